The van der Waals surface area contributed by atoms with Crippen LogP contribution in [0, 0.1) is 0 Å². The number of hydrogen-bond donors (Lipinski definition) is 2. The second-order valence-corrected chi connectivity index (χ2v) is 5.08. The average molecular weight is 313 g/mol. The Labute approximate surface area is 132 Å². The molecule has 22 heavy (non-hydrogen) atoms. The predicted molar refractivity (Wildman–Crippen MR) is 89.0 cm³/mol. The molecule has 5 nitrogen and oxygen atoms in total. The first-order chi connectivity index (χ1) is 10.6. The highest BCUT2D eigenvalue weighted by atomic mass is 35.5. The third-order valence-corrected chi connectivity index (χ3v) is 3.32. The monoisotopic (exact) mass is 312 g/mol. The summed E-state index contributed by atoms with van der Waals surface area (Å²) in [5.41, 5.74) is 7.16. The van der Waals surface area contributed by atoms with Crippen molar-refractivity contribution < 1.29 is 0 Å². The Balaban J connectivity index is 2.10. The zero-order valence-electron chi connectivity index (χ0n) is 11.5. The number of halogens is 1. The highest BCUT2D eigenvalue weighted by Crippen LogP contribution is 2.22. The van der Waals surface area contributed by atoms with Crippen LogP contribution in [0.2, 0.25) is 5.02 Å². The molecule has 1 heterocycles. The van der Waals surface area contributed by atoms with E-state index in [0.717, 1.165) is 11.4 Å². The van der Waals surface area contributed by atoms with E-state index in [2.05, 4.69) is 10.3 Å². The van der Waals surface area contributed by atoms with Gasteiger partial charge in [0.15, 0.2) is 0 Å². The summed E-state index contributed by atoms with van der Waals surface area (Å²) < 4.78 is 1.68. The quantitative estimate of drug-likeness (QED) is 0.779. The maximum atomic E-state index is 11.7. The first-order valence-electron chi connectivity index (χ1n) is 6.61. The van der Waals surface area contributed by atoms with Crippen LogP contribution in [0.4, 0.5) is 17.5 Å². The number of para-hydroxylation sites is 1. The van der Waals surface area contributed by atoms with Crippen LogP contribution in [0.5, 0.6) is 0 Å². The van der Waals surface area contributed by atoms with Gasteiger partial charge in [-0.05, 0) is 36.4 Å². The lowest BCUT2D eigenvalue weighted by atomic mass is 10.3. The van der Waals surface area contributed by atoms with E-state index >= 15 is 0 Å². The SMILES string of the molecule is Nc1cc(=O)nc(Nc2ccc(Cl)cc2)n1-c1ccccc1. The number of aromatic nitrogens is 2. The van der Waals surface area contributed by atoms with E-state index in [-0.39, 0.29) is 0 Å². The molecule has 0 aliphatic heterocycles. The lowest BCUT2D eigenvalue weighted by molar-refractivity contribution is 0.987. The van der Waals surface area contributed by atoms with Gasteiger partial charge in [-0.15, -0.1) is 0 Å². The summed E-state index contributed by atoms with van der Waals surface area (Å²) in [6, 6.07) is 17.8. The molecule has 0 fully saturated rings. The van der Waals surface area contributed by atoms with Gasteiger partial charge in [-0.2, -0.15) is 4.98 Å². The molecule has 0 radical (unpaired) electrons. The third-order valence-electron chi connectivity index (χ3n) is 3.07. The minimum atomic E-state index is -0.402. The topological polar surface area (TPSA) is 72.9 Å². The molecule has 3 N–H and O–H groups in total. The molecular formula is C16H13ClN4O. The van der Waals surface area contributed by atoms with Crippen LogP contribution in [-0.4, -0.2) is 9.55 Å². The number of nitrogens with one attached hydrogen (secondary N) is 1. The lowest BCUT2D eigenvalue weighted by Gasteiger charge is -2.16. The third kappa shape index (κ3) is 2.94. The van der Waals surface area contributed by atoms with Crippen molar-refractivity contribution in [2.24, 2.45) is 0 Å². The van der Waals surface area contributed by atoms with Crippen molar-refractivity contribution in [3.05, 3.63) is 76.0 Å². The molecule has 0 aliphatic rings. The zero-order valence-corrected chi connectivity index (χ0v) is 12.3. The summed E-state index contributed by atoms with van der Waals surface area (Å²) in [4.78, 5) is 15.7. The molecule has 0 saturated heterocycles. The van der Waals surface area contributed by atoms with Gasteiger partial charge in [-0.1, -0.05) is 29.8 Å². The Morgan fingerprint density at radius 2 is 1.73 bits per heavy atom. The van der Waals surface area contributed by atoms with Gasteiger partial charge in [0.25, 0.3) is 5.56 Å². The van der Waals surface area contributed by atoms with Crippen LogP contribution in [0.25, 0.3) is 5.69 Å². The van der Waals surface area contributed by atoms with E-state index in [1.54, 1.807) is 28.8 Å². The Kier molecular flexibility index (Phi) is 3.80. The van der Waals surface area contributed by atoms with Gasteiger partial charge in [0.1, 0.15) is 5.82 Å². The van der Waals surface area contributed by atoms with Gasteiger partial charge in [-0.3, -0.25) is 9.36 Å². The van der Waals surface area contributed by atoms with Crippen molar-refractivity contribution >= 4 is 29.1 Å². The van der Waals surface area contributed by atoms with Crippen molar-refractivity contribution in [3.63, 3.8) is 0 Å². The molecule has 0 atom stereocenters. The summed E-state index contributed by atoms with van der Waals surface area (Å²) in [7, 11) is 0. The molecular weight excluding hydrogens is 300 g/mol. The van der Waals surface area contributed by atoms with Crippen LogP contribution in [0.3, 0.4) is 0 Å². The van der Waals surface area contributed by atoms with E-state index in [9.17, 15) is 4.79 Å². The molecule has 0 saturated carbocycles. The van der Waals surface area contributed by atoms with Crippen LogP contribution in [0.15, 0.2) is 65.5 Å². The fourth-order valence-corrected chi connectivity index (χ4v) is 2.22. The maximum Gasteiger partial charge on any atom is 0.276 e. The molecule has 6 heteroatoms. The Morgan fingerprint density at radius 3 is 2.41 bits per heavy atom. The summed E-state index contributed by atoms with van der Waals surface area (Å²) in [6.45, 7) is 0. The first-order valence-corrected chi connectivity index (χ1v) is 6.99. The first kappa shape index (κ1) is 14.2. The second-order valence-electron chi connectivity index (χ2n) is 4.65. The minimum absolute atomic E-state index is 0.308. The van der Waals surface area contributed by atoms with Crippen molar-refractivity contribution in [3.8, 4) is 5.69 Å². The van der Waals surface area contributed by atoms with E-state index in [4.69, 9.17) is 17.3 Å². The van der Waals surface area contributed by atoms with Crippen LogP contribution in [0.1, 0.15) is 0 Å². The summed E-state index contributed by atoms with van der Waals surface area (Å²) in [6.07, 6.45) is 0. The van der Waals surface area contributed by atoms with Crippen molar-refractivity contribution in [2.75, 3.05) is 11.1 Å². The number of rotatable bonds is 3. The van der Waals surface area contributed by atoms with E-state index in [0.29, 0.717) is 16.8 Å². The smallest absolute Gasteiger partial charge is 0.276 e. The van der Waals surface area contributed by atoms with Gasteiger partial charge in [0.2, 0.25) is 5.95 Å². The zero-order chi connectivity index (χ0) is 15.5. The van der Waals surface area contributed by atoms with Crippen LogP contribution >= 0.6 is 11.6 Å². The minimum Gasteiger partial charge on any atom is -0.385 e. The molecule has 0 aliphatic carbocycles. The molecule has 0 unspecified atom stereocenters. The number of anilines is 3. The van der Waals surface area contributed by atoms with Crippen molar-refractivity contribution in [1.29, 1.82) is 0 Å². The van der Waals surface area contributed by atoms with E-state index in [1.165, 1.54) is 6.07 Å². The maximum absolute atomic E-state index is 11.7. The van der Waals surface area contributed by atoms with Crippen LogP contribution in [-0.2, 0) is 0 Å². The summed E-state index contributed by atoms with van der Waals surface area (Å²) in [5.74, 6) is 0.654. The molecule has 1 aromatic heterocycles. The van der Waals surface area contributed by atoms with Gasteiger partial charge in [-0.25, -0.2) is 0 Å². The van der Waals surface area contributed by atoms with Gasteiger partial charge in [0, 0.05) is 16.8 Å². The molecule has 0 bridgehead atoms. The molecule has 0 amide bonds. The van der Waals surface area contributed by atoms with Crippen molar-refractivity contribution in [1.82, 2.24) is 9.55 Å². The Bertz CT molecular complexity index is 844. The number of nitrogens with zero attached hydrogens (tertiary/aromatic N) is 2. The van der Waals surface area contributed by atoms with Crippen LogP contribution < -0.4 is 16.6 Å². The number of hydrogen-bond acceptors (Lipinski definition) is 4. The molecule has 0 spiro atoms. The summed E-state index contributed by atoms with van der Waals surface area (Å²) >= 11 is 5.87. The highest BCUT2D eigenvalue weighted by Gasteiger charge is 2.09. The number of benzene rings is 2. The average Bonchev–Trinajstić information content (AvgIpc) is 2.50. The van der Waals surface area contributed by atoms with Crippen molar-refractivity contribution in [2.45, 2.75) is 0 Å². The fourth-order valence-electron chi connectivity index (χ4n) is 2.09. The van der Waals surface area contributed by atoms with E-state index in [1.807, 2.05) is 30.3 Å². The van der Waals surface area contributed by atoms with Gasteiger partial charge in [0.05, 0.1) is 5.69 Å². The molecule has 3 rings (SSSR count). The standard InChI is InChI=1S/C16H13ClN4O/c17-11-6-8-12(9-7-11)19-16-20-15(22)10-14(18)21(16)13-4-2-1-3-5-13/h1-10H,18H2,(H,19,20,22). The highest BCUT2D eigenvalue weighted by molar-refractivity contribution is 6.30. The van der Waals surface area contributed by atoms with Gasteiger partial charge < -0.3 is 11.1 Å². The number of nitrogen functional groups attached to an aromatic ring is 1. The Hall–Kier alpha value is -2.79. The normalized spacial score (nSPS) is 10.4. The number of nitrogens with two attached hydrogens (primary N) is 1. The van der Waals surface area contributed by atoms with Gasteiger partial charge >= 0.3 is 0 Å². The molecule has 2 aromatic carbocycles. The largest absolute Gasteiger partial charge is 0.385 e. The summed E-state index contributed by atoms with van der Waals surface area (Å²) in [5, 5.41) is 3.72. The predicted octanol–water partition coefficient (Wildman–Crippen LogP) is 3.21. The Morgan fingerprint density at radius 1 is 1.05 bits per heavy atom. The molecule has 3 aromatic rings. The molecule has 110 valence electrons. The lowest BCUT2D eigenvalue weighted by Crippen LogP contribution is -2.18. The second kappa shape index (κ2) is 5.91. The fraction of sp³-hybridized carbons (Fsp3) is 0. The van der Waals surface area contributed by atoms with E-state index < -0.39 is 5.56 Å².